The average molecular weight is 297 g/mol. The molecule has 1 N–H and O–H groups in total. The van der Waals surface area contributed by atoms with Gasteiger partial charge in [-0.3, -0.25) is 4.79 Å². The van der Waals surface area contributed by atoms with Gasteiger partial charge in [0.05, 0.1) is 5.38 Å². The Hall–Kier alpha value is 0.1000. The van der Waals surface area contributed by atoms with Gasteiger partial charge in [-0.15, -0.1) is 46.4 Å². The van der Waals surface area contributed by atoms with Gasteiger partial charge in [-0.05, 0) is 6.92 Å². The normalized spacial score (nSPS) is 14.8. The van der Waals surface area contributed by atoms with Crippen molar-refractivity contribution in [1.29, 1.82) is 0 Å². The molecule has 0 aliphatic rings. The Morgan fingerprint density at radius 3 is 2.00 bits per heavy atom. The summed E-state index contributed by atoms with van der Waals surface area (Å²) < 4.78 is 0. The molecule has 2 unspecified atom stereocenters. The van der Waals surface area contributed by atoms with E-state index in [2.05, 4.69) is 0 Å². The summed E-state index contributed by atoms with van der Waals surface area (Å²) >= 11 is 22.1. The van der Waals surface area contributed by atoms with Crippen molar-refractivity contribution in [2.45, 2.75) is 22.5 Å². The molecule has 0 rings (SSSR count). The number of hydrogen-bond donors (Lipinski definition) is 1. The maximum Gasteiger partial charge on any atom is 0.414 e. The van der Waals surface area contributed by atoms with Gasteiger partial charge in [-0.1, -0.05) is 0 Å². The molecule has 0 aromatic rings. The summed E-state index contributed by atoms with van der Waals surface area (Å²) in [6.07, 6.45) is -1.39. The van der Waals surface area contributed by atoms with Crippen molar-refractivity contribution in [2.24, 2.45) is 0 Å². The molecule has 0 radical (unpaired) electrons. The van der Waals surface area contributed by atoms with Crippen LogP contribution in [0.4, 0.5) is 4.79 Å². The summed E-state index contributed by atoms with van der Waals surface area (Å²) in [5.74, 6) is -0.835. The zero-order valence-corrected chi connectivity index (χ0v) is 10.7. The molecule has 0 aromatic carbocycles. The monoisotopic (exact) mass is 295 g/mol. The van der Waals surface area contributed by atoms with E-state index in [9.17, 15) is 9.59 Å². The van der Waals surface area contributed by atoms with Gasteiger partial charge in [0, 0.05) is 6.54 Å². The van der Waals surface area contributed by atoms with Crippen LogP contribution in [0.2, 0.25) is 0 Å². The molecular formula is C7H9Cl4NO3. The summed E-state index contributed by atoms with van der Waals surface area (Å²) in [7, 11) is 0. The Morgan fingerprint density at radius 1 is 1.27 bits per heavy atom. The summed E-state index contributed by atoms with van der Waals surface area (Å²) in [4.78, 5) is 21.6. The standard InChI is InChI=1S/C7H9Cl4NO3/c1-2-12(7(14)15)6(13)4(9)3(8)5(10)11/h3-5H,2H2,1H3,(H,14,15). The van der Waals surface area contributed by atoms with E-state index in [-0.39, 0.29) is 6.54 Å². The molecule has 15 heavy (non-hydrogen) atoms. The zero-order chi connectivity index (χ0) is 12.2. The Kier molecular flexibility index (Phi) is 6.68. The minimum atomic E-state index is -1.39. The van der Waals surface area contributed by atoms with E-state index < -0.39 is 27.6 Å². The van der Waals surface area contributed by atoms with Crippen LogP contribution in [-0.2, 0) is 4.79 Å². The summed E-state index contributed by atoms with van der Waals surface area (Å²) in [5.41, 5.74) is 0. The number of amides is 2. The van der Waals surface area contributed by atoms with Gasteiger partial charge < -0.3 is 5.11 Å². The van der Waals surface area contributed by atoms with Gasteiger partial charge in [0.25, 0.3) is 5.91 Å². The molecule has 2 atom stereocenters. The third-order valence-electron chi connectivity index (χ3n) is 1.57. The molecule has 0 heterocycles. The van der Waals surface area contributed by atoms with E-state index in [1.165, 1.54) is 6.92 Å². The molecule has 0 fully saturated rings. The van der Waals surface area contributed by atoms with Crippen molar-refractivity contribution in [3.05, 3.63) is 0 Å². The second kappa shape index (κ2) is 6.63. The molecule has 8 heteroatoms. The van der Waals surface area contributed by atoms with E-state index in [4.69, 9.17) is 51.5 Å². The molecule has 0 spiro atoms. The van der Waals surface area contributed by atoms with Crippen LogP contribution in [0.15, 0.2) is 0 Å². The Bertz CT molecular complexity index is 248. The number of nitrogens with zero attached hydrogens (tertiary/aromatic N) is 1. The lowest BCUT2D eigenvalue weighted by Gasteiger charge is -2.21. The number of hydrogen-bond acceptors (Lipinski definition) is 2. The zero-order valence-electron chi connectivity index (χ0n) is 7.66. The molecule has 0 aliphatic carbocycles. The number of halogens is 4. The van der Waals surface area contributed by atoms with E-state index in [0.717, 1.165) is 0 Å². The molecule has 2 amide bonds. The van der Waals surface area contributed by atoms with E-state index in [0.29, 0.717) is 4.90 Å². The lowest BCUT2D eigenvalue weighted by atomic mass is 10.3. The molecule has 0 saturated heterocycles. The maximum absolute atomic E-state index is 11.5. The van der Waals surface area contributed by atoms with Crippen molar-refractivity contribution in [3.8, 4) is 0 Å². The van der Waals surface area contributed by atoms with Gasteiger partial charge in [0.15, 0.2) is 0 Å². The third-order valence-corrected chi connectivity index (χ3v) is 3.46. The van der Waals surface area contributed by atoms with Crippen molar-refractivity contribution in [1.82, 2.24) is 4.90 Å². The smallest absolute Gasteiger partial charge is 0.414 e. The van der Waals surface area contributed by atoms with Gasteiger partial charge in [-0.25, -0.2) is 9.69 Å². The van der Waals surface area contributed by atoms with Gasteiger partial charge >= 0.3 is 6.09 Å². The molecule has 0 saturated carbocycles. The average Bonchev–Trinajstić information content (AvgIpc) is 2.15. The SMILES string of the molecule is CCN(C(=O)O)C(=O)C(Cl)C(Cl)C(Cl)Cl. The topological polar surface area (TPSA) is 57.6 Å². The number of imide groups is 1. The lowest BCUT2D eigenvalue weighted by molar-refractivity contribution is -0.128. The highest BCUT2D eigenvalue weighted by atomic mass is 35.5. The molecule has 0 bridgehead atoms. The van der Waals surface area contributed by atoms with Gasteiger partial charge in [-0.2, -0.15) is 0 Å². The minimum Gasteiger partial charge on any atom is -0.465 e. The van der Waals surface area contributed by atoms with Gasteiger partial charge in [0.1, 0.15) is 10.2 Å². The van der Waals surface area contributed by atoms with Crippen LogP contribution in [-0.4, -0.2) is 44.1 Å². The Morgan fingerprint density at radius 2 is 1.73 bits per heavy atom. The second-order valence-electron chi connectivity index (χ2n) is 2.55. The van der Waals surface area contributed by atoms with Crippen LogP contribution in [0.25, 0.3) is 0 Å². The molecule has 0 aromatic heterocycles. The highest BCUT2D eigenvalue weighted by molar-refractivity contribution is 6.50. The molecule has 88 valence electrons. The molecular weight excluding hydrogens is 288 g/mol. The van der Waals surface area contributed by atoms with Crippen LogP contribution in [0.1, 0.15) is 6.92 Å². The highest BCUT2D eigenvalue weighted by Gasteiger charge is 2.34. The quantitative estimate of drug-likeness (QED) is 0.811. The van der Waals surface area contributed by atoms with Crippen molar-refractivity contribution in [2.75, 3.05) is 6.54 Å². The first-order valence-corrected chi connectivity index (χ1v) is 5.68. The predicted molar refractivity (Wildman–Crippen MR) is 60.2 cm³/mol. The fourth-order valence-electron chi connectivity index (χ4n) is 0.798. The number of carboxylic acid groups (broad SMARTS) is 1. The predicted octanol–water partition coefficient (Wildman–Crippen LogP) is 2.53. The van der Waals surface area contributed by atoms with Gasteiger partial charge in [0.2, 0.25) is 0 Å². The van der Waals surface area contributed by atoms with Crippen molar-refractivity contribution < 1.29 is 14.7 Å². The first-order chi connectivity index (χ1) is 6.82. The van der Waals surface area contributed by atoms with Crippen LogP contribution < -0.4 is 0 Å². The lowest BCUT2D eigenvalue weighted by Crippen LogP contribution is -2.44. The highest BCUT2D eigenvalue weighted by Crippen LogP contribution is 2.23. The maximum atomic E-state index is 11.5. The first-order valence-electron chi connectivity index (χ1n) is 3.93. The van der Waals surface area contributed by atoms with Crippen LogP contribution in [0.3, 0.4) is 0 Å². The molecule has 4 nitrogen and oxygen atoms in total. The van der Waals surface area contributed by atoms with Crippen LogP contribution >= 0.6 is 46.4 Å². The van der Waals surface area contributed by atoms with Crippen LogP contribution in [0, 0.1) is 0 Å². The fourth-order valence-corrected chi connectivity index (χ4v) is 1.61. The van der Waals surface area contributed by atoms with Crippen molar-refractivity contribution >= 4 is 58.4 Å². The number of carbonyl (C=O) groups is 2. The summed E-state index contributed by atoms with van der Waals surface area (Å²) in [6, 6.07) is 0. The fraction of sp³-hybridized carbons (Fsp3) is 0.714. The third kappa shape index (κ3) is 4.23. The minimum absolute atomic E-state index is 0.0176. The summed E-state index contributed by atoms with van der Waals surface area (Å²) in [5, 5.41) is 6.33. The number of alkyl halides is 4. The Balaban J connectivity index is 4.62. The largest absolute Gasteiger partial charge is 0.465 e. The number of carbonyl (C=O) groups excluding carboxylic acids is 1. The van der Waals surface area contributed by atoms with Crippen LogP contribution in [0.5, 0.6) is 0 Å². The molecule has 0 aliphatic heterocycles. The second-order valence-corrected chi connectivity index (χ2v) is 4.68. The van der Waals surface area contributed by atoms with E-state index in [1.54, 1.807) is 0 Å². The number of rotatable bonds is 4. The first kappa shape index (κ1) is 15.1. The van der Waals surface area contributed by atoms with E-state index in [1.807, 2.05) is 0 Å². The Labute approximate surface area is 107 Å². The van der Waals surface area contributed by atoms with Crippen molar-refractivity contribution in [3.63, 3.8) is 0 Å². The van der Waals surface area contributed by atoms with E-state index >= 15 is 0 Å². The summed E-state index contributed by atoms with van der Waals surface area (Å²) in [6.45, 7) is 1.48.